The smallest absolute Gasteiger partial charge is 0.105 e. The van der Waals surface area contributed by atoms with E-state index in [0.717, 1.165) is 35.8 Å². The molecule has 2 aliphatic rings. The SMILES string of the molecule is Cc1ccc2c(c1Cl)N=C1CCCCCN1C2. The maximum absolute atomic E-state index is 6.36. The molecular formula is C14H17ClN2. The van der Waals surface area contributed by atoms with Crippen molar-refractivity contribution < 1.29 is 0 Å². The van der Waals surface area contributed by atoms with E-state index in [1.807, 2.05) is 6.92 Å². The molecule has 3 heteroatoms. The van der Waals surface area contributed by atoms with Crippen LogP contribution in [0.5, 0.6) is 0 Å². The van der Waals surface area contributed by atoms with Crippen LogP contribution in [0.15, 0.2) is 17.1 Å². The zero-order valence-corrected chi connectivity index (χ0v) is 10.9. The summed E-state index contributed by atoms with van der Waals surface area (Å²) in [6.45, 7) is 4.17. The van der Waals surface area contributed by atoms with Crippen LogP contribution in [0.4, 0.5) is 5.69 Å². The van der Waals surface area contributed by atoms with Crippen LogP contribution in [0.1, 0.15) is 36.8 Å². The summed E-state index contributed by atoms with van der Waals surface area (Å²) >= 11 is 6.36. The molecule has 2 nitrogen and oxygen atoms in total. The van der Waals surface area contributed by atoms with Crippen LogP contribution in [-0.2, 0) is 6.54 Å². The van der Waals surface area contributed by atoms with Gasteiger partial charge in [-0.25, -0.2) is 4.99 Å². The van der Waals surface area contributed by atoms with Crippen LogP contribution < -0.4 is 0 Å². The monoisotopic (exact) mass is 248 g/mol. The summed E-state index contributed by atoms with van der Waals surface area (Å²) in [5.74, 6) is 1.24. The first-order valence-corrected chi connectivity index (χ1v) is 6.74. The molecule has 0 spiro atoms. The fourth-order valence-corrected chi connectivity index (χ4v) is 2.86. The van der Waals surface area contributed by atoms with E-state index in [-0.39, 0.29) is 0 Å². The molecule has 0 aliphatic carbocycles. The lowest BCUT2D eigenvalue weighted by atomic mass is 10.1. The minimum atomic E-state index is 0.832. The predicted molar refractivity (Wildman–Crippen MR) is 72.2 cm³/mol. The van der Waals surface area contributed by atoms with Crippen molar-refractivity contribution in [3.8, 4) is 0 Å². The Morgan fingerprint density at radius 3 is 3.00 bits per heavy atom. The van der Waals surface area contributed by atoms with Crippen molar-refractivity contribution >= 4 is 23.1 Å². The van der Waals surface area contributed by atoms with Gasteiger partial charge in [0.2, 0.25) is 0 Å². The van der Waals surface area contributed by atoms with Crippen LogP contribution in [0, 0.1) is 6.92 Å². The Morgan fingerprint density at radius 2 is 2.12 bits per heavy atom. The van der Waals surface area contributed by atoms with E-state index in [2.05, 4.69) is 17.0 Å². The van der Waals surface area contributed by atoms with Gasteiger partial charge >= 0.3 is 0 Å². The molecule has 1 aromatic rings. The van der Waals surface area contributed by atoms with Crippen molar-refractivity contribution in [1.82, 2.24) is 4.90 Å². The van der Waals surface area contributed by atoms with Gasteiger partial charge in [-0.1, -0.05) is 30.2 Å². The second kappa shape index (κ2) is 4.34. The van der Waals surface area contributed by atoms with Crippen LogP contribution in [0.25, 0.3) is 0 Å². The maximum Gasteiger partial charge on any atom is 0.105 e. The molecule has 0 radical (unpaired) electrons. The minimum absolute atomic E-state index is 0.832. The third-order valence-electron chi connectivity index (χ3n) is 3.69. The van der Waals surface area contributed by atoms with E-state index in [1.165, 1.54) is 30.7 Å². The van der Waals surface area contributed by atoms with E-state index < -0.39 is 0 Å². The first-order valence-electron chi connectivity index (χ1n) is 6.36. The van der Waals surface area contributed by atoms with Crippen LogP contribution in [0.2, 0.25) is 5.02 Å². The molecule has 0 bridgehead atoms. The van der Waals surface area contributed by atoms with Gasteiger partial charge in [-0.3, -0.25) is 0 Å². The average molecular weight is 249 g/mol. The van der Waals surface area contributed by atoms with Crippen LogP contribution >= 0.6 is 11.6 Å². The lowest BCUT2D eigenvalue weighted by Crippen LogP contribution is -2.32. The number of aryl methyl sites for hydroxylation is 1. The number of benzene rings is 1. The lowest BCUT2D eigenvalue weighted by Gasteiger charge is -2.29. The summed E-state index contributed by atoms with van der Waals surface area (Å²) in [6, 6.07) is 4.27. The van der Waals surface area contributed by atoms with E-state index >= 15 is 0 Å². The third-order valence-corrected chi connectivity index (χ3v) is 4.17. The van der Waals surface area contributed by atoms with Crippen LogP contribution in [-0.4, -0.2) is 17.3 Å². The summed E-state index contributed by atoms with van der Waals surface area (Å²) in [7, 11) is 0. The van der Waals surface area contributed by atoms with Crippen molar-refractivity contribution in [2.45, 2.75) is 39.2 Å². The van der Waals surface area contributed by atoms with Crippen LogP contribution in [0.3, 0.4) is 0 Å². The van der Waals surface area contributed by atoms with E-state index in [9.17, 15) is 0 Å². The van der Waals surface area contributed by atoms with Gasteiger partial charge in [0.05, 0.1) is 10.7 Å². The van der Waals surface area contributed by atoms with E-state index in [1.54, 1.807) is 0 Å². The highest BCUT2D eigenvalue weighted by Crippen LogP contribution is 2.37. The van der Waals surface area contributed by atoms with Gasteiger partial charge in [-0.05, 0) is 30.9 Å². The van der Waals surface area contributed by atoms with Crippen molar-refractivity contribution in [2.24, 2.45) is 4.99 Å². The van der Waals surface area contributed by atoms with E-state index in [0.29, 0.717) is 0 Å². The molecule has 2 heterocycles. The van der Waals surface area contributed by atoms with Gasteiger partial charge in [-0.2, -0.15) is 0 Å². The van der Waals surface area contributed by atoms with Gasteiger partial charge in [0.15, 0.2) is 0 Å². The molecule has 1 fully saturated rings. The molecule has 90 valence electrons. The second-order valence-corrected chi connectivity index (χ2v) is 5.34. The van der Waals surface area contributed by atoms with Crippen molar-refractivity contribution in [1.29, 1.82) is 0 Å². The largest absolute Gasteiger partial charge is 0.356 e. The molecule has 1 aromatic carbocycles. The van der Waals surface area contributed by atoms with E-state index in [4.69, 9.17) is 16.6 Å². The zero-order valence-electron chi connectivity index (χ0n) is 10.2. The summed E-state index contributed by atoms with van der Waals surface area (Å²) in [4.78, 5) is 7.22. The third kappa shape index (κ3) is 1.95. The maximum atomic E-state index is 6.36. The number of nitrogens with zero attached hydrogens (tertiary/aromatic N) is 2. The normalized spacial score (nSPS) is 19.2. The molecule has 0 atom stereocenters. The molecule has 0 aromatic heterocycles. The van der Waals surface area contributed by atoms with Crippen molar-refractivity contribution in [3.05, 3.63) is 28.3 Å². The number of rotatable bonds is 0. The van der Waals surface area contributed by atoms with Gasteiger partial charge in [0.25, 0.3) is 0 Å². The number of hydrogen-bond acceptors (Lipinski definition) is 2. The molecule has 0 saturated carbocycles. The standard InChI is InChI=1S/C14H17ClN2/c1-10-6-7-11-9-17-8-4-2-3-5-12(17)16-14(11)13(10)15/h6-7H,2-5,8-9H2,1H3. The molecule has 1 saturated heterocycles. The molecule has 0 N–H and O–H groups in total. The number of aliphatic imine (C=N–C) groups is 1. The summed E-state index contributed by atoms with van der Waals surface area (Å²) in [5, 5.41) is 0.832. The summed E-state index contributed by atoms with van der Waals surface area (Å²) in [6.07, 6.45) is 4.96. The highest BCUT2D eigenvalue weighted by atomic mass is 35.5. The Morgan fingerprint density at radius 1 is 1.24 bits per heavy atom. The van der Waals surface area contributed by atoms with Gasteiger partial charge < -0.3 is 4.90 Å². The first-order chi connectivity index (χ1) is 8.25. The molecule has 2 aliphatic heterocycles. The molecule has 17 heavy (non-hydrogen) atoms. The topological polar surface area (TPSA) is 15.6 Å². The highest BCUT2D eigenvalue weighted by Gasteiger charge is 2.22. The average Bonchev–Trinajstić information content (AvgIpc) is 2.57. The zero-order chi connectivity index (χ0) is 11.8. The predicted octanol–water partition coefficient (Wildman–Crippen LogP) is 4.07. The Labute approximate surface area is 107 Å². The second-order valence-electron chi connectivity index (χ2n) is 4.96. The number of amidine groups is 1. The fourth-order valence-electron chi connectivity index (χ4n) is 2.64. The molecule has 0 unspecified atom stereocenters. The van der Waals surface area contributed by atoms with Gasteiger partial charge in [0.1, 0.15) is 5.84 Å². The number of halogens is 1. The van der Waals surface area contributed by atoms with Gasteiger partial charge in [0, 0.05) is 19.5 Å². The Kier molecular flexibility index (Phi) is 2.83. The molecule has 0 amide bonds. The van der Waals surface area contributed by atoms with Crippen molar-refractivity contribution in [2.75, 3.05) is 6.54 Å². The number of fused-ring (bicyclic) bond motifs is 2. The Bertz CT molecular complexity index is 479. The summed E-state index contributed by atoms with van der Waals surface area (Å²) in [5.41, 5.74) is 3.41. The molecular weight excluding hydrogens is 232 g/mol. The first kappa shape index (κ1) is 11.1. The Hall–Kier alpha value is -1.02. The van der Waals surface area contributed by atoms with Crippen molar-refractivity contribution in [3.63, 3.8) is 0 Å². The quantitative estimate of drug-likeness (QED) is 0.676. The minimum Gasteiger partial charge on any atom is -0.356 e. The van der Waals surface area contributed by atoms with Gasteiger partial charge in [-0.15, -0.1) is 0 Å². The summed E-state index contributed by atoms with van der Waals surface area (Å²) < 4.78 is 0. The fraction of sp³-hybridized carbons (Fsp3) is 0.500. The lowest BCUT2D eigenvalue weighted by molar-refractivity contribution is 0.403. The number of hydrogen-bond donors (Lipinski definition) is 0. The Balaban J connectivity index is 2.06. The molecule has 3 rings (SSSR count). The highest BCUT2D eigenvalue weighted by molar-refractivity contribution is 6.34.